The molecule has 6 nitrogen and oxygen atoms in total. The number of rotatable bonds is 8. The summed E-state index contributed by atoms with van der Waals surface area (Å²) in [6.45, 7) is 11.2. The Bertz CT molecular complexity index is 818. The molecule has 0 aliphatic carbocycles. The Morgan fingerprint density at radius 3 is 2.22 bits per heavy atom. The predicted molar refractivity (Wildman–Crippen MR) is 143 cm³/mol. The number of hydrogen-bond donors (Lipinski definition) is 3. The molecule has 0 radical (unpaired) electrons. The molecule has 2 aromatic carbocycles. The van der Waals surface area contributed by atoms with Crippen LogP contribution in [0.3, 0.4) is 0 Å². The molecule has 176 valence electrons. The minimum atomic E-state index is -0.970. The van der Waals surface area contributed by atoms with Crippen LogP contribution in [0, 0.1) is 0 Å². The lowest BCUT2D eigenvalue weighted by Crippen LogP contribution is -2.44. The fourth-order valence-electron chi connectivity index (χ4n) is 3.68. The molecule has 32 heavy (non-hydrogen) atoms. The number of nitrogens with one attached hydrogen (secondary N) is 2. The van der Waals surface area contributed by atoms with Crippen molar-refractivity contribution < 1.29 is 5.11 Å². The zero-order valence-electron chi connectivity index (χ0n) is 19.6. The largest absolute Gasteiger partial charge is 0.384 e. The first-order chi connectivity index (χ1) is 15.0. The van der Waals surface area contributed by atoms with Crippen molar-refractivity contribution in [3.63, 3.8) is 0 Å². The molecule has 1 fully saturated rings. The van der Waals surface area contributed by atoms with E-state index in [1.807, 2.05) is 44.2 Å². The maximum absolute atomic E-state index is 10.8. The molecule has 1 aliphatic rings. The molecule has 1 atom stereocenters. The smallest absolute Gasteiger partial charge is 0.191 e. The van der Waals surface area contributed by atoms with E-state index in [1.54, 1.807) is 0 Å². The van der Waals surface area contributed by atoms with Gasteiger partial charge in [-0.05, 0) is 37.6 Å². The van der Waals surface area contributed by atoms with Crippen molar-refractivity contribution in [3.05, 3.63) is 71.3 Å². The van der Waals surface area contributed by atoms with Gasteiger partial charge in [0.1, 0.15) is 5.60 Å². The summed E-state index contributed by atoms with van der Waals surface area (Å²) in [6, 6.07) is 18.5. The van der Waals surface area contributed by atoms with Crippen molar-refractivity contribution in [2.75, 3.05) is 46.3 Å². The number of nitrogens with zero attached hydrogens (tertiary/aromatic N) is 3. The van der Waals surface area contributed by atoms with Gasteiger partial charge in [-0.2, -0.15) is 0 Å². The highest BCUT2D eigenvalue weighted by Gasteiger charge is 2.23. The molecule has 2 aromatic rings. The Balaban J connectivity index is 0.00000363. The SMILES string of the molecule is CCNC(=NCc1ccc(CN2CCN(C)CC2)cc1)NCC(C)(O)c1ccccc1.I. The molecule has 3 rings (SSSR count). The summed E-state index contributed by atoms with van der Waals surface area (Å²) in [4.78, 5) is 9.60. The van der Waals surface area contributed by atoms with Gasteiger partial charge in [0, 0.05) is 39.3 Å². The van der Waals surface area contributed by atoms with E-state index >= 15 is 0 Å². The van der Waals surface area contributed by atoms with E-state index in [0.29, 0.717) is 19.0 Å². The van der Waals surface area contributed by atoms with Gasteiger partial charge in [0.15, 0.2) is 5.96 Å². The molecular weight excluding hydrogens is 513 g/mol. The highest BCUT2D eigenvalue weighted by Crippen LogP contribution is 2.19. The third kappa shape index (κ3) is 8.35. The summed E-state index contributed by atoms with van der Waals surface area (Å²) < 4.78 is 0. The number of benzene rings is 2. The minimum Gasteiger partial charge on any atom is -0.384 e. The standard InChI is InChI=1S/C25H37N5O.HI/c1-4-26-24(28-20-25(2,31)23-8-6-5-7-9-23)27-18-21-10-12-22(13-11-21)19-30-16-14-29(3)15-17-30;/h5-13,31H,4,14-20H2,1-3H3,(H2,26,27,28);1H. The third-order valence-corrected chi connectivity index (χ3v) is 5.78. The zero-order valence-corrected chi connectivity index (χ0v) is 21.9. The van der Waals surface area contributed by atoms with E-state index in [0.717, 1.165) is 44.8 Å². The van der Waals surface area contributed by atoms with Crippen LogP contribution in [0.1, 0.15) is 30.5 Å². The highest BCUT2D eigenvalue weighted by molar-refractivity contribution is 14.0. The number of halogens is 1. The van der Waals surface area contributed by atoms with Crippen molar-refractivity contribution in [1.29, 1.82) is 0 Å². The van der Waals surface area contributed by atoms with Gasteiger partial charge in [0.2, 0.25) is 0 Å². The maximum Gasteiger partial charge on any atom is 0.191 e. The van der Waals surface area contributed by atoms with Gasteiger partial charge in [-0.1, -0.05) is 54.6 Å². The Morgan fingerprint density at radius 2 is 1.59 bits per heavy atom. The molecule has 0 bridgehead atoms. The minimum absolute atomic E-state index is 0. The Kier molecular flexibility index (Phi) is 10.9. The Labute approximate surface area is 210 Å². The summed E-state index contributed by atoms with van der Waals surface area (Å²) in [7, 11) is 2.19. The van der Waals surface area contributed by atoms with Crippen molar-refractivity contribution in [2.24, 2.45) is 4.99 Å². The summed E-state index contributed by atoms with van der Waals surface area (Å²) in [5, 5.41) is 17.4. The van der Waals surface area contributed by atoms with E-state index in [2.05, 4.69) is 51.7 Å². The molecule has 3 N–H and O–H groups in total. The van der Waals surface area contributed by atoms with Gasteiger partial charge in [0.05, 0.1) is 13.1 Å². The van der Waals surface area contributed by atoms with E-state index < -0.39 is 5.60 Å². The lowest BCUT2D eigenvalue weighted by atomic mass is 9.96. The van der Waals surface area contributed by atoms with Crippen molar-refractivity contribution in [3.8, 4) is 0 Å². The topological polar surface area (TPSA) is 63.1 Å². The number of hydrogen-bond acceptors (Lipinski definition) is 4. The molecule has 0 saturated carbocycles. The van der Waals surface area contributed by atoms with Crippen LogP contribution in [0.15, 0.2) is 59.6 Å². The van der Waals surface area contributed by atoms with Gasteiger partial charge in [0.25, 0.3) is 0 Å². The molecule has 1 heterocycles. The van der Waals surface area contributed by atoms with Crippen LogP contribution in [0.2, 0.25) is 0 Å². The number of aliphatic imine (C=N–C) groups is 1. The fraction of sp³-hybridized carbons (Fsp3) is 0.480. The summed E-state index contributed by atoms with van der Waals surface area (Å²) >= 11 is 0. The first-order valence-corrected chi connectivity index (χ1v) is 11.2. The normalized spacial score (nSPS) is 17.3. The van der Waals surface area contributed by atoms with Crippen LogP contribution < -0.4 is 10.6 Å². The summed E-state index contributed by atoms with van der Waals surface area (Å²) in [6.07, 6.45) is 0. The monoisotopic (exact) mass is 551 g/mol. The van der Waals surface area contributed by atoms with Gasteiger partial charge in [-0.3, -0.25) is 4.90 Å². The molecule has 0 spiro atoms. The lowest BCUT2D eigenvalue weighted by Gasteiger charge is -2.32. The van der Waals surface area contributed by atoms with E-state index in [9.17, 15) is 5.11 Å². The molecule has 1 aliphatic heterocycles. The van der Waals surface area contributed by atoms with Crippen molar-refractivity contribution in [2.45, 2.75) is 32.5 Å². The molecule has 0 amide bonds. The Morgan fingerprint density at radius 1 is 0.969 bits per heavy atom. The van der Waals surface area contributed by atoms with Crippen LogP contribution in [0.4, 0.5) is 0 Å². The third-order valence-electron chi connectivity index (χ3n) is 5.78. The predicted octanol–water partition coefficient (Wildman–Crippen LogP) is 3.01. The first kappa shape index (κ1) is 26.6. The summed E-state index contributed by atoms with van der Waals surface area (Å²) in [5.74, 6) is 0.709. The second kappa shape index (κ2) is 13.1. The van der Waals surface area contributed by atoms with Crippen LogP contribution in [0.5, 0.6) is 0 Å². The summed E-state index contributed by atoms with van der Waals surface area (Å²) in [5.41, 5.74) is 2.44. The van der Waals surface area contributed by atoms with E-state index in [-0.39, 0.29) is 24.0 Å². The molecule has 7 heteroatoms. The fourth-order valence-corrected chi connectivity index (χ4v) is 3.68. The second-order valence-corrected chi connectivity index (χ2v) is 8.58. The molecule has 1 unspecified atom stereocenters. The number of likely N-dealkylation sites (N-methyl/N-ethyl adjacent to an activating group) is 1. The van der Waals surface area contributed by atoms with Crippen LogP contribution >= 0.6 is 24.0 Å². The zero-order chi connectivity index (χ0) is 22.1. The van der Waals surface area contributed by atoms with Crippen LogP contribution in [0.25, 0.3) is 0 Å². The Hall–Kier alpha value is -1.68. The maximum atomic E-state index is 10.8. The van der Waals surface area contributed by atoms with Crippen molar-refractivity contribution >= 4 is 29.9 Å². The highest BCUT2D eigenvalue weighted by atomic mass is 127. The van der Waals surface area contributed by atoms with E-state index in [1.165, 1.54) is 11.1 Å². The second-order valence-electron chi connectivity index (χ2n) is 8.58. The van der Waals surface area contributed by atoms with Crippen LogP contribution in [-0.2, 0) is 18.7 Å². The average molecular weight is 552 g/mol. The molecule has 1 saturated heterocycles. The van der Waals surface area contributed by atoms with Gasteiger partial charge < -0.3 is 20.6 Å². The average Bonchev–Trinajstić information content (AvgIpc) is 2.79. The number of guanidine groups is 1. The quantitative estimate of drug-likeness (QED) is 0.268. The van der Waals surface area contributed by atoms with Gasteiger partial charge in [-0.25, -0.2) is 4.99 Å². The molecule has 0 aromatic heterocycles. The number of piperazine rings is 1. The molecular formula is C25H38IN5O. The van der Waals surface area contributed by atoms with Crippen LogP contribution in [-0.4, -0.2) is 67.2 Å². The first-order valence-electron chi connectivity index (χ1n) is 11.2. The lowest BCUT2D eigenvalue weighted by molar-refractivity contribution is 0.0617. The van der Waals surface area contributed by atoms with Gasteiger partial charge >= 0.3 is 0 Å². The van der Waals surface area contributed by atoms with E-state index in [4.69, 9.17) is 4.99 Å². The number of aliphatic hydroxyl groups is 1. The van der Waals surface area contributed by atoms with Gasteiger partial charge in [-0.15, -0.1) is 24.0 Å². The van der Waals surface area contributed by atoms with Crippen molar-refractivity contribution in [1.82, 2.24) is 20.4 Å².